The minimum absolute atomic E-state index is 0.235. The largest absolute Gasteiger partial charge is 0.419 e. The molecule has 1 atom stereocenters. The van der Waals surface area contributed by atoms with E-state index in [0.717, 1.165) is 16.5 Å². The van der Waals surface area contributed by atoms with Crippen molar-refractivity contribution in [2.75, 3.05) is 6.26 Å². The van der Waals surface area contributed by atoms with E-state index in [4.69, 9.17) is 11.6 Å². The highest BCUT2D eigenvalue weighted by molar-refractivity contribution is 7.98. The third-order valence-electron chi connectivity index (χ3n) is 5.90. The van der Waals surface area contributed by atoms with Gasteiger partial charge in [-0.05, 0) is 59.8 Å². The van der Waals surface area contributed by atoms with Gasteiger partial charge >= 0.3 is 6.18 Å². The van der Waals surface area contributed by atoms with Gasteiger partial charge in [0.1, 0.15) is 11.4 Å². The summed E-state index contributed by atoms with van der Waals surface area (Å²) < 4.78 is 54.0. The number of alkyl halides is 3. The van der Waals surface area contributed by atoms with Gasteiger partial charge in [0.25, 0.3) is 5.91 Å². The second-order valence-corrected chi connectivity index (χ2v) is 9.62. The molecule has 0 aliphatic heterocycles. The highest BCUT2D eigenvalue weighted by atomic mass is 35.5. The van der Waals surface area contributed by atoms with Crippen LogP contribution in [0.25, 0.3) is 0 Å². The Morgan fingerprint density at radius 2 is 1.73 bits per heavy atom. The molecule has 3 nitrogen and oxygen atoms in total. The normalized spacial score (nSPS) is 13.1. The Morgan fingerprint density at radius 3 is 2.38 bits per heavy atom. The highest BCUT2D eigenvalue weighted by Crippen LogP contribution is 2.36. The fraction of sp³-hybridized carbons (Fsp3) is 0.143. The molecule has 1 heterocycles. The summed E-state index contributed by atoms with van der Waals surface area (Å²) in [6.07, 6.45) is -1.36. The van der Waals surface area contributed by atoms with Crippen LogP contribution >= 0.6 is 23.4 Å². The van der Waals surface area contributed by atoms with Gasteiger partial charge < -0.3 is 5.32 Å². The standard InChI is InChI=1S/C28H21ClF4N2OS/c1-37-22-9-5-8-20(15-22)27(16-18-6-3-2-4-7-18,25-13-11-21(29)17-34-25)35-26(36)19-10-12-24(30)23(14-19)28(31,32)33/h2-15,17H,16H2,1H3,(H,35,36). The minimum atomic E-state index is -4.95. The molecule has 37 heavy (non-hydrogen) atoms. The summed E-state index contributed by atoms with van der Waals surface area (Å²) in [4.78, 5) is 19.0. The minimum Gasteiger partial charge on any atom is -0.337 e. The lowest BCUT2D eigenvalue weighted by Crippen LogP contribution is -2.49. The van der Waals surface area contributed by atoms with Crippen LogP contribution in [0.15, 0.2) is 96.0 Å². The van der Waals surface area contributed by atoms with E-state index in [1.165, 1.54) is 18.0 Å². The van der Waals surface area contributed by atoms with Crippen LogP contribution in [0.4, 0.5) is 17.6 Å². The molecule has 0 saturated heterocycles. The molecule has 0 spiro atoms. The Bertz CT molecular complexity index is 1400. The molecule has 1 amide bonds. The lowest BCUT2D eigenvalue weighted by Gasteiger charge is -2.36. The first-order valence-corrected chi connectivity index (χ1v) is 12.7. The molecule has 1 unspecified atom stereocenters. The van der Waals surface area contributed by atoms with Crippen LogP contribution in [0.3, 0.4) is 0 Å². The fourth-order valence-electron chi connectivity index (χ4n) is 4.09. The van der Waals surface area contributed by atoms with Gasteiger partial charge in [0.05, 0.1) is 16.3 Å². The van der Waals surface area contributed by atoms with Gasteiger partial charge in [0.2, 0.25) is 0 Å². The van der Waals surface area contributed by atoms with Crippen molar-refractivity contribution in [3.05, 3.63) is 130 Å². The van der Waals surface area contributed by atoms with Gasteiger partial charge in [-0.3, -0.25) is 9.78 Å². The number of nitrogens with one attached hydrogen (secondary N) is 1. The molecule has 0 bridgehead atoms. The number of pyridine rings is 1. The number of thioether (sulfide) groups is 1. The number of hydrogen-bond donors (Lipinski definition) is 1. The molecule has 0 fully saturated rings. The lowest BCUT2D eigenvalue weighted by atomic mass is 9.80. The highest BCUT2D eigenvalue weighted by Gasteiger charge is 2.39. The van der Waals surface area contributed by atoms with E-state index in [9.17, 15) is 22.4 Å². The van der Waals surface area contributed by atoms with Gasteiger partial charge in [-0.1, -0.05) is 54.1 Å². The predicted octanol–water partition coefficient (Wildman–Crippen LogP) is 7.53. The van der Waals surface area contributed by atoms with Gasteiger partial charge in [-0.25, -0.2) is 4.39 Å². The Labute approximate surface area is 220 Å². The summed E-state index contributed by atoms with van der Waals surface area (Å²) in [6, 6.07) is 22.3. The van der Waals surface area contributed by atoms with Crippen LogP contribution in [0.5, 0.6) is 0 Å². The summed E-state index contributed by atoms with van der Waals surface area (Å²) in [5.74, 6) is -2.26. The maximum absolute atomic E-state index is 13.9. The maximum atomic E-state index is 13.9. The summed E-state index contributed by atoms with van der Waals surface area (Å²) >= 11 is 7.60. The van der Waals surface area contributed by atoms with Crippen LogP contribution in [-0.4, -0.2) is 17.1 Å². The number of aromatic nitrogens is 1. The first-order chi connectivity index (χ1) is 17.6. The average Bonchev–Trinajstić information content (AvgIpc) is 2.89. The number of rotatable bonds is 7. The second kappa shape index (κ2) is 10.9. The van der Waals surface area contributed by atoms with Gasteiger partial charge in [0.15, 0.2) is 0 Å². The first-order valence-electron chi connectivity index (χ1n) is 11.1. The van der Waals surface area contributed by atoms with Crippen molar-refractivity contribution >= 4 is 29.3 Å². The molecular formula is C28H21ClF4N2OS. The van der Waals surface area contributed by atoms with E-state index < -0.39 is 29.0 Å². The fourth-order valence-corrected chi connectivity index (χ4v) is 4.66. The Hall–Kier alpha value is -3.36. The van der Waals surface area contributed by atoms with Gasteiger partial charge in [0, 0.05) is 23.1 Å². The molecule has 1 aromatic heterocycles. The molecular weight excluding hydrogens is 524 g/mol. The Balaban J connectivity index is 1.91. The smallest absolute Gasteiger partial charge is 0.337 e. The molecule has 4 rings (SSSR count). The number of nitrogens with zero attached hydrogens (tertiary/aromatic N) is 1. The number of hydrogen-bond acceptors (Lipinski definition) is 3. The average molecular weight is 545 g/mol. The van der Waals surface area contributed by atoms with E-state index in [0.29, 0.717) is 28.4 Å². The Kier molecular flexibility index (Phi) is 7.90. The van der Waals surface area contributed by atoms with E-state index in [-0.39, 0.29) is 12.0 Å². The molecule has 9 heteroatoms. The molecule has 0 aliphatic rings. The van der Waals surface area contributed by atoms with Crippen LogP contribution in [0.1, 0.15) is 32.7 Å². The molecule has 0 saturated carbocycles. The summed E-state index contributed by atoms with van der Waals surface area (Å²) in [5, 5.41) is 3.34. The van der Waals surface area contributed by atoms with Crippen molar-refractivity contribution in [3.63, 3.8) is 0 Å². The van der Waals surface area contributed by atoms with Crippen LogP contribution in [0.2, 0.25) is 5.02 Å². The second-order valence-electron chi connectivity index (χ2n) is 8.31. The van der Waals surface area contributed by atoms with E-state index in [1.807, 2.05) is 60.9 Å². The molecule has 0 aliphatic carbocycles. The van der Waals surface area contributed by atoms with Crippen LogP contribution in [-0.2, 0) is 18.1 Å². The Morgan fingerprint density at radius 1 is 0.973 bits per heavy atom. The zero-order valence-corrected chi connectivity index (χ0v) is 21.1. The summed E-state index contributed by atoms with van der Waals surface area (Å²) in [5.41, 5.74) is -1.18. The van der Waals surface area contributed by atoms with Gasteiger partial charge in [-0.15, -0.1) is 11.8 Å². The van der Waals surface area contributed by atoms with Crippen molar-refractivity contribution in [2.45, 2.75) is 23.0 Å². The zero-order valence-electron chi connectivity index (χ0n) is 19.5. The van der Waals surface area contributed by atoms with Crippen molar-refractivity contribution in [1.82, 2.24) is 10.3 Å². The van der Waals surface area contributed by atoms with E-state index >= 15 is 0 Å². The summed E-state index contributed by atoms with van der Waals surface area (Å²) in [7, 11) is 0. The van der Waals surface area contributed by atoms with Crippen molar-refractivity contribution < 1.29 is 22.4 Å². The van der Waals surface area contributed by atoms with Gasteiger partial charge in [-0.2, -0.15) is 13.2 Å². The molecule has 1 N–H and O–H groups in total. The lowest BCUT2D eigenvalue weighted by molar-refractivity contribution is -0.140. The SMILES string of the molecule is CSc1cccc(C(Cc2ccccc2)(NC(=O)c2ccc(F)c(C(F)(F)F)c2)c2ccc(Cl)cn2)c1. The van der Waals surface area contributed by atoms with Crippen molar-refractivity contribution in [3.8, 4) is 0 Å². The molecule has 4 aromatic rings. The van der Waals surface area contributed by atoms with Crippen LogP contribution in [0, 0.1) is 5.82 Å². The number of halogens is 5. The quantitative estimate of drug-likeness (QED) is 0.193. The molecule has 3 aromatic carbocycles. The maximum Gasteiger partial charge on any atom is 0.419 e. The molecule has 0 radical (unpaired) electrons. The van der Waals surface area contributed by atoms with E-state index in [1.54, 1.807) is 12.1 Å². The van der Waals surface area contributed by atoms with Crippen molar-refractivity contribution in [1.29, 1.82) is 0 Å². The van der Waals surface area contributed by atoms with Crippen molar-refractivity contribution in [2.24, 2.45) is 0 Å². The number of amides is 1. The number of carbonyl (C=O) groups is 1. The summed E-state index contributed by atoms with van der Waals surface area (Å²) in [6.45, 7) is 0. The predicted molar refractivity (Wildman–Crippen MR) is 137 cm³/mol. The first kappa shape index (κ1) is 26.7. The molecule has 190 valence electrons. The topological polar surface area (TPSA) is 42.0 Å². The number of carbonyl (C=O) groups excluding carboxylic acids is 1. The zero-order chi connectivity index (χ0) is 26.6. The third kappa shape index (κ3) is 5.97. The number of benzene rings is 3. The monoisotopic (exact) mass is 544 g/mol. The van der Waals surface area contributed by atoms with Crippen LogP contribution < -0.4 is 5.32 Å². The van der Waals surface area contributed by atoms with E-state index in [2.05, 4.69) is 10.3 Å². The third-order valence-corrected chi connectivity index (χ3v) is 6.85.